The molecule has 15 heteroatoms. The van der Waals surface area contributed by atoms with Gasteiger partial charge >= 0.3 is 5.97 Å². The molecule has 3 N–H and O–H groups in total. The van der Waals surface area contributed by atoms with Crippen molar-refractivity contribution < 1.29 is 62.8 Å². The molecule has 0 amide bonds. The fourth-order valence-electron chi connectivity index (χ4n) is 10.2. The number of amidine groups is 1. The highest BCUT2D eigenvalue weighted by Crippen LogP contribution is 2.43. The zero-order valence-electron chi connectivity index (χ0n) is 39.2. The first-order valence-corrected chi connectivity index (χ1v) is 22.7. The van der Waals surface area contributed by atoms with Crippen LogP contribution >= 0.6 is 0 Å². The van der Waals surface area contributed by atoms with E-state index in [1.165, 1.54) is 21.1 Å². The first-order valence-electron chi connectivity index (χ1n) is 22.7. The third-order valence-electron chi connectivity index (χ3n) is 14.3. The number of rotatable bonds is 8. The molecular weight excluding hydrogens is 813 g/mol. The van der Waals surface area contributed by atoms with Crippen LogP contribution in [0.3, 0.4) is 0 Å². The number of esters is 1. The lowest BCUT2D eigenvalue weighted by Gasteiger charge is -2.47. The van der Waals surface area contributed by atoms with E-state index in [-0.39, 0.29) is 50.0 Å². The molecular formula is C48H72N2O13. The number of hydrogen-bond acceptors (Lipinski definition) is 14. The van der Waals surface area contributed by atoms with Crippen molar-refractivity contribution in [2.24, 2.45) is 28.7 Å². The lowest BCUT2D eigenvalue weighted by molar-refractivity contribution is -0.349. The Kier molecular flexibility index (Phi) is 15.4. The molecule has 0 radical (unpaired) electrons. The summed E-state index contributed by atoms with van der Waals surface area (Å²) >= 11 is 0. The minimum Gasteiger partial charge on any atom is -0.459 e. The van der Waals surface area contributed by atoms with E-state index in [0.717, 1.165) is 16.5 Å². The number of ether oxygens (including phenoxy) is 8. The van der Waals surface area contributed by atoms with Crippen LogP contribution in [0, 0.1) is 23.7 Å². The summed E-state index contributed by atoms with van der Waals surface area (Å²) in [5.74, 6) is -5.19. The molecule has 2 aromatic carbocycles. The van der Waals surface area contributed by atoms with Crippen molar-refractivity contribution in [2.75, 3.05) is 21.3 Å². The molecule has 4 aliphatic rings. The number of carbonyl (C=O) groups is 2. The van der Waals surface area contributed by atoms with E-state index in [1.54, 1.807) is 41.5 Å². The fourth-order valence-corrected chi connectivity index (χ4v) is 10.2. The third-order valence-corrected chi connectivity index (χ3v) is 14.3. The molecule has 352 valence electrons. The summed E-state index contributed by atoms with van der Waals surface area (Å²) in [6.07, 6.45) is -6.72. The third kappa shape index (κ3) is 10.3. The second-order valence-corrected chi connectivity index (χ2v) is 19.2. The van der Waals surface area contributed by atoms with Crippen LogP contribution in [-0.4, -0.2) is 138 Å². The van der Waals surface area contributed by atoms with Gasteiger partial charge in [0.2, 0.25) is 0 Å². The highest BCUT2D eigenvalue weighted by Gasteiger charge is 2.54. The SMILES string of the molecule is CC[C@H]1OC(=O)[C@H](C)[C@@H](O[C@H]2C[C@@](C)(OC)[C@@H](O)[C@H](C)O2)[C@H](C)C[C@@](OC)(OC2O[C@H](C)C[C@H]3[C@H]2OC(=Nc2cccc4ccccc24)N3C)C[C@@H](C)C(=O)C[C@H](C)[C@@H](O)[C@]1(C)O. The molecule has 4 aliphatic heterocycles. The van der Waals surface area contributed by atoms with Gasteiger partial charge in [-0.15, -0.1) is 0 Å². The smallest absolute Gasteiger partial charge is 0.311 e. The zero-order chi connectivity index (χ0) is 46.2. The van der Waals surface area contributed by atoms with Crippen molar-refractivity contribution in [3.8, 4) is 0 Å². The van der Waals surface area contributed by atoms with Crippen LogP contribution in [0.15, 0.2) is 47.5 Å². The number of methoxy groups -OCH3 is 2. The molecule has 0 bridgehead atoms. The fraction of sp³-hybridized carbons (Fsp3) is 0.729. The number of aliphatic hydroxyl groups excluding tert-OH is 2. The van der Waals surface area contributed by atoms with Gasteiger partial charge < -0.3 is 58.1 Å². The lowest BCUT2D eigenvalue weighted by atomic mass is 9.80. The van der Waals surface area contributed by atoms with E-state index in [9.17, 15) is 24.9 Å². The van der Waals surface area contributed by atoms with Gasteiger partial charge in [-0.25, -0.2) is 0 Å². The number of carbonyl (C=O) groups excluding carboxylic acids is 2. The van der Waals surface area contributed by atoms with E-state index < -0.39 is 95.8 Å². The van der Waals surface area contributed by atoms with E-state index in [0.29, 0.717) is 12.4 Å². The Bertz CT molecular complexity index is 1920. The normalized spacial score (nSPS) is 42.9. The van der Waals surface area contributed by atoms with Crippen molar-refractivity contribution >= 4 is 34.2 Å². The van der Waals surface area contributed by atoms with Crippen LogP contribution in [0.2, 0.25) is 0 Å². The second-order valence-electron chi connectivity index (χ2n) is 19.2. The van der Waals surface area contributed by atoms with Crippen molar-refractivity contribution in [3.05, 3.63) is 42.5 Å². The Balaban J connectivity index is 1.38. The molecule has 4 fully saturated rings. The first-order chi connectivity index (χ1) is 29.7. The summed E-state index contributed by atoms with van der Waals surface area (Å²) < 4.78 is 51.6. The van der Waals surface area contributed by atoms with Crippen LogP contribution in [0.1, 0.15) is 101 Å². The number of likely N-dealkylation sites (N-methyl/N-ethyl adjacent to an activating group) is 1. The topological polar surface area (TPSA) is 184 Å². The summed E-state index contributed by atoms with van der Waals surface area (Å²) in [5.41, 5.74) is -2.14. The van der Waals surface area contributed by atoms with Crippen molar-refractivity contribution in [1.82, 2.24) is 4.90 Å². The molecule has 15 nitrogen and oxygen atoms in total. The Morgan fingerprint density at radius 3 is 2.25 bits per heavy atom. The first kappa shape index (κ1) is 49.2. The highest BCUT2D eigenvalue weighted by atomic mass is 16.8. The van der Waals surface area contributed by atoms with Crippen LogP contribution in [0.4, 0.5) is 5.69 Å². The quantitative estimate of drug-likeness (QED) is 0.206. The number of ketones is 1. The lowest BCUT2D eigenvalue weighted by Crippen LogP contribution is -2.58. The molecule has 0 aromatic heterocycles. The predicted molar refractivity (Wildman–Crippen MR) is 235 cm³/mol. The van der Waals surface area contributed by atoms with Crippen molar-refractivity contribution in [3.63, 3.8) is 0 Å². The summed E-state index contributed by atoms with van der Waals surface area (Å²) in [7, 11) is 4.99. The summed E-state index contributed by atoms with van der Waals surface area (Å²) in [4.78, 5) is 35.5. The number of aliphatic hydroxyl groups is 3. The van der Waals surface area contributed by atoms with Gasteiger partial charge in [0.25, 0.3) is 6.02 Å². The Morgan fingerprint density at radius 1 is 0.873 bits per heavy atom. The van der Waals surface area contributed by atoms with E-state index in [1.807, 2.05) is 68.3 Å². The number of Topliss-reactive ketones (excluding diaryl/α,β-unsaturated/α-hetero) is 1. The summed E-state index contributed by atoms with van der Waals surface area (Å²) in [6, 6.07) is 14.2. The average Bonchev–Trinajstić information content (AvgIpc) is 3.56. The zero-order valence-corrected chi connectivity index (χ0v) is 39.2. The Hall–Kier alpha value is -3.25. The molecule has 4 heterocycles. The van der Waals surface area contributed by atoms with Gasteiger partial charge in [0.05, 0.1) is 47.7 Å². The van der Waals surface area contributed by atoms with Crippen LogP contribution in [0.5, 0.6) is 0 Å². The van der Waals surface area contributed by atoms with Crippen LogP contribution in [-0.2, 0) is 47.5 Å². The van der Waals surface area contributed by atoms with Gasteiger partial charge in [0.15, 0.2) is 24.5 Å². The van der Waals surface area contributed by atoms with Crippen molar-refractivity contribution in [2.45, 2.75) is 179 Å². The van der Waals surface area contributed by atoms with Crippen LogP contribution < -0.4 is 0 Å². The summed E-state index contributed by atoms with van der Waals surface area (Å²) in [5, 5.41) is 36.4. The number of nitrogens with zero attached hydrogens (tertiary/aromatic N) is 2. The monoisotopic (exact) mass is 885 g/mol. The molecule has 0 aliphatic carbocycles. The minimum atomic E-state index is -1.89. The minimum absolute atomic E-state index is 0.0643. The molecule has 0 saturated carbocycles. The van der Waals surface area contributed by atoms with Crippen molar-refractivity contribution in [1.29, 1.82) is 0 Å². The number of aliphatic imine (C=N–C) groups is 1. The number of cyclic esters (lactones) is 1. The predicted octanol–water partition coefficient (Wildman–Crippen LogP) is 6.04. The van der Waals surface area contributed by atoms with Gasteiger partial charge in [-0.1, -0.05) is 64.1 Å². The molecule has 2 aromatic rings. The average molecular weight is 885 g/mol. The maximum atomic E-state index is 14.3. The molecule has 17 atom stereocenters. The Morgan fingerprint density at radius 2 is 1.57 bits per heavy atom. The van der Waals surface area contributed by atoms with Gasteiger partial charge in [-0.2, -0.15) is 4.99 Å². The number of benzene rings is 2. The molecule has 6 rings (SSSR count). The maximum Gasteiger partial charge on any atom is 0.311 e. The molecule has 1 unspecified atom stereocenters. The van der Waals surface area contributed by atoms with Gasteiger partial charge in [0, 0.05) is 58.3 Å². The van der Waals surface area contributed by atoms with E-state index in [2.05, 4.69) is 0 Å². The van der Waals surface area contributed by atoms with E-state index in [4.69, 9.17) is 42.9 Å². The highest BCUT2D eigenvalue weighted by molar-refractivity contribution is 5.95. The second kappa shape index (κ2) is 19.7. The van der Waals surface area contributed by atoms with Crippen LogP contribution in [0.25, 0.3) is 10.8 Å². The summed E-state index contributed by atoms with van der Waals surface area (Å²) in [6.45, 7) is 15.8. The van der Waals surface area contributed by atoms with E-state index >= 15 is 0 Å². The number of hydrogen-bond donors (Lipinski definition) is 3. The van der Waals surface area contributed by atoms with Gasteiger partial charge in [-0.05, 0) is 70.7 Å². The standard InChI is InChI=1S/C48H72N2O13/c1-13-37-47(9,55)41(52)26(2)21-36(51)27(3)23-48(57-12,24-28(4)39(30(6)43(54)60-37)61-38-25-46(8,56-11)42(53)31(7)59-38)63-44-40-35(22-29(5)58-44)50(10)45(62-40)49-34-20-16-18-32-17-14-15-19-33(32)34/h14-20,26-31,35,37-42,44,52-53,55H,13,21-25H2,1-12H3/t26-,27+,28+,29+,30+,31-,35-,37+,38-,39-,40+,41+,42-,44?,46+,47+,48-/m0/s1. The largest absolute Gasteiger partial charge is 0.459 e. The molecule has 63 heavy (non-hydrogen) atoms. The molecule has 4 saturated heterocycles. The maximum absolute atomic E-state index is 14.3. The number of fused-ring (bicyclic) bond motifs is 2. The Labute approximate surface area is 372 Å². The van der Waals surface area contributed by atoms with Gasteiger partial charge in [-0.3, -0.25) is 9.59 Å². The molecule has 0 spiro atoms. The van der Waals surface area contributed by atoms with Gasteiger partial charge in [0.1, 0.15) is 23.6 Å².